The van der Waals surface area contributed by atoms with Crippen molar-refractivity contribution in [1.29, 1.82) is 0 Å². The first-order chi connectivity index (χ1) is 16.1. The number of benzene rings is 2. The number of nitrogens with one attached hydrogen (secondary N) is 2. The fourth-order valence-corrected chi connectivity index (χ4v) is 3.68. The number of anilines is 1. The molecule has 1 aromatic heterocycles. The maximum absolute atomic E-state index is 12.2. The third-order valence-corrected chi connectivity index (χ3v) is 5.54. The van der Waals surface area contributed by atoms with Gasteiger partial charge in [-0.15, -0.1) is 5.10 Å². The number of aromatic nitrogens is 4. The van der Waals surface area contributed by atoms with Crippen LogP contribution in [-0.2, 0) is 11.3 Å². The van der Waals surface area contributed by atoms with E-state index in [1.165, 1.54) is 0 Å². The molecule has 0 spiro atoms. The van der Waals surface area contributed by atoms with Crippen molar-refractivity contribution in [1.82, 2.24) is 25.5 Å². The lowest BCUT2D eigenvalue weighted by Gasteiger charge is -2.11. The van der Waals surface area contributed by atoms with E-state index in [4.69, 9.17) is 14.2 Å². The van der Waals surface area contributed by atoms with Gasteiger partial charge in [0.1, 0.15) is 5.75 Å². The van der Waals surface area contributed by atoms with E-state index in [1.807, 2.05) is 24.3 Å². The van der Waals surface area contributed by atoms with E-state index >= 15 is 0 Å². The van der Waals surface area contributed by atoms with Crippen molar-refractivity contribution in [3.05, 3.63) is 48.0 Å². The van der Waals surface area contributed by atoms with Gasteiger partial charge in [0.2, 0.25) is 11.1 Å². The third kappa shape index (κ3) is 6.13. The Morgan fingerprint density at radius 1 is 1.12 bits per heavy atom. The zero-order valence-electron chi connectivity index (χ0n) is 17.8. The molecule has 3 amide bonds. The summed E-state index contributed by atoms with van der Waals surface area (Å²) in [7, 11) is 1.60. The molecule has 0 saturated carbocycles. The number of ether oxygens (including phenoxy) is 3. The van der Waals surface area contributed by atoms with Crippen LogP contribution in [0.25, 0.3) is 0 Å². The van der Waals surface area contributed by atoms with E-state index in [2.05, 4.69) is 26.2 Å². The minimum Gasteiger partial charge on any atom is -0.497 e. The number of hydrogen-bond acceptors (Lipinski definition) is 9. The minimum absolute atomic E-state index is 0.0302. The number of amides is 3. The van der Waals surface area contributed by atoms with Gasteiger partial charge < -0.3 is 19.5 Å². The van der Waals surface area contributed by atoms with Gasteiger partial charge in [0.05, 0.1) is 32.6 Å². The minimum atomic E-state index is -0.645. The van der Waals surface area contributed by atoms with Crippen molar-refractivity contribution >= 4 is 29.4 Å². The molecular formula is C21H22N6O5S. The quantitative estimate of drug-likeness (QED) is 0.500. The topological polar surface area (TPSA) is 129 Å². The number of thioether (sulfide) groups is 1. The SMILES string of the molecule is COc1ccc(Cn2nnnc2SCC(=O)NC(=O)Nc2ccc3c(c2)OCCCO3)cc1. The molecule has 33 heavy (non-hydrogen) atoms. The molecule has 0 atom stereocenters. The van der Waals surface area contributed by atoms with Crippen LogP contribution < -0.4 is 24.8 Å². The number of imide groups is 1. The van der Waals surface area contributed by atoms with Crippen LogP contribution in [0.4, 0.5) is 10.5 Å². The highest BCUT2D eigenvalue weighted by Gasteiger charge is 2.15. The lowest BCUT2D eigenvalue weighted by Crippen LogP contribution is -2.35. The summed E-state index contributed by atoms with van der Waals surface area (Å²) in [6, 6.07) is 11.9. The second kappa shape index (κ2) is 10.7. The fraction of sp³-hybridized carbons (Fsp3) is 0.286. The molecule has 2 heterocycles. The predicted molar refractivity (Wildman–Crippen MR) is 120 cm³/mol. The molecule has 3 aromatic rings. The van der Waals surface area contributed by atoms with Crippen LogP contribution in [0.1, 0.15) is 12.0 Å². The average molecular weight is 471 g/mol. The molecular weight excluding hydrogens is 448 g/mol. The van der Waals surface area contributed by atoms with Crippen LogP contribution in [0.5, 0.6) is 17.2 Å². The highest BCUT2D eigenvalue weighted by Crippen LogP contribution is 2.32. The van der Waals surface area contributed by atoms with Gasteiger partial charge in [-0.3, -0.25) is 10.1 Å². The Morgan fingerprint density at radius 3 is 2.70 bits per heavy atom. The number of methoxy groups -OCH3 is 1. The number of fused-ring (bicyclic) bond motifs is 1. The molecule has 0 unspecified atom stereocenters. The van der Waals surface area contributed by atoms with Crippen molar-refractivity contribution in [2.24, 2.45) is 0 Å². The Kier molecular flexibility index (Phi) is 7.25. The second-order valence-electron chi connectivity index (χ2n) is 6.97. The van der Waals surface area contributed by atoms with Crippen molar-refractivity contribution in [2.45, 2.75) is 18.1 Å². The van der Waals surface area contributed by atoms with Crippen LogP contribution in [0.15, 0.2) is 47.6 Å². The van der Waals surface area contributed by atoms with E-state index in [0.29, 0.717) is 42.1 Å². The van der Waals surface area contributed by atoms with Crippen molar-refractivity contribution < 1.29 is 23.8 Å². The number of hydrogen-bond donors (Lipinski definition) is 2. The maximum Gasteiger partial charge on any atom is 0.325 e. The summed E-state index contributed by atoms with van der Waals surface area (Å²) in [6.07, 6.45) is 0.785. The number of rotatable bonds is 7. The van der Waals surface area contributed by atoms with E-state index < -0.39 is 11.9 Å². The summed E-state index contributed by atoms with van der Waals surface area (Å²) in [4.78, 5) is 24.4. The second-order valence-corrected chi connectivity index (χ2v) is 7.91. The van der Waals surface area contributed by atoms with Gasteiger partial charge in [0.15, 0.2) is 11.5 Å². The van der Waals surface area contributed by atoms with Crippen molar-refractivity contribution in [3.8, 4) is 17.2 Å². The highest BCUT2D eigenvalue weighted by atomic mass is 32.2. The smallest absolute Gasteiger partial charge is 0.325 e. The largest absolute Gasteiger partial charge is 0.497 e. The first kappa shape index (κ1) is 22.4. The van der Waals surface area contributed by atoms with E-state index in [1.54, 1.807) is 30.0 Å². The zero-order chi connectivity index (χ0) is 23.0. The van der Waals surface area contributed by atoms with Gasteiger partial charge in [-0.25, -0.2) is 9.48 Å². The Balaban J connectivity index is 1.27. The molecule has 12 heteroatoms. The first-order valence-electron chi connectivity index (χ1n) is 10.1. The molecule has 0 fully saturated rings. The average Bonchev–Trinajstić information content (AvgIpc) is 3.12. The first-order valence-corrected chi connectivity index (χ1v) is 11.1. The number of nitrogens with zero attached hydrogens (tertiary/aromatic N) is 4. The molecule has 0 aliphatic carbocycles. The molecule has 0 radical (unpaired) electrons. The van der Waals surface area contributed by atoms with Crippen molar-refractivity contribution in [3.63, 3.8) is 0 Å². The van der Waals surface area contributed by atoms with Crippen LogP contribution in [0.2, 0.25) is 0 Å². The molecule has 0 bridgehead atoms. The highest BCUT2D eigenvalue weighted by molar-refractivity contribution is 7.99. The standard InChI is InChI=1S/C21H22N6O5S/c1-30-16-6-3-14(4-7-16)12-27-21(24-25-26-27)33-13-19(28)23-20(29)22-15-5-8-17-18(11-15)32-10-2-9-31-17/h3-8,11H,2,9-10,12-13H2,1H3,(H2,22,23,28,29). The molecule has 172 valence electrons. The number of carbonyl (C=O) groups is 2. The summed E-state index contributed by atoms with van der Waals surface area (Å²) in [5, 5.41) is 17.0. The third-order valence-electron chi connectivity index (χ3n) is 4.58. The molecule has 1 aliphatic rings. The van der Waals surface area contributed by atoms with Gasteiger partial charge >= 0.3 is 6.03 Å². The fourth-order valence-electron chi connectivity index (χ4n) is 3.00. The molecule has 4 rings (SSSR count). The van der Waals surface area contributed by atoms with Crippen molar-refractivity contribution in [2.75, 3.05) is 31.4 Å². The molecule has 1 aliphatic heterocycles. The Morgan fingerprint density at radius 2 is 1.91 bits per heavy atom. The Bertz CT molecular complexity index is 1120. The van der Waals surface area contributed by atoms with Crippen LogP contribution in [0.3, 0.4) is 0 Å². The van der Waals surface area contributed by atoms with Crippen LogP contribution in [-0.4, -0.2) is 58.2 Å². The summed E-state index contributed by atoms with van der Waals surface area (Å²) >= 11 is 1.13. The lowest BCUT2D eigenvalue weighted by molar-refractivity contribution is -0.117. The van der Waals surface area contributed by atoms with Crippen LogP contribution >= 0.6 is 11.8 Å². The van der Waals surface area contributed by atoms with E-state index in [9.17, 15) is 9.59 Å². The monoisotopic (exact) mass is 470 g/mol. The number of tetrazole rings is 1. The van der Waals surface area contributed by atoms with E-state index in [0.717, 1.165) is 29.5 Å². The summed E-state index contributed by atoms with van der Waals surface area (Å²) < 4.78 is 17.9. The maximum atomic E-state index is 12.2. The Labute approximate surface area is 193 Å². The van der Waals surface area contributed by atoms with Gasteiger partial charge in [0.25, 0.3) is 0 Å². The summed E-state index contributed by atoms with van der Waals surface area (Å²) in [5.41, 5.74) is 1.46. The summed E-state index contributed by atoms with van der Waals surface area (Å²) in [5.74, 6) is 1.42. The Hall–Kier alpha value is -3.80. The summed E-state index contributed by atoms with van der Waals surface area (Å²) in [6.45, 7) is 1.55. The number of urea groups is 1. The molecule has 2 aromatic carbocycles. The van der Waals surface area contributed by atoms with Gasteiger partial charge in [0, 0.05) is 18.2 Å². The zero-order valence-corrected chi connectivity index (χ0v) is 18.6. The normalized spacial score (nSPS) is 12.5. The predicted octanol–water partition coefficient (Wildman–Crippen LogP) is 2.33. The van der Waals surface area contributed by atoms with E-state index in [-0.39, 0.29) is 5.75 Å². The van der Waals surface area contributed by atoms with Gasteiger partial charge in [-0.05, 0) is 40.3 Å². The van der Waals surface area contributed by atoms with Gasteiger partial charge in [-0.2, -0.15) is 0 Å². The number of carbonyl (C=O) groups excluding carboxylic acids is 2. The lowest BCUT2D eigenvalue weighted by atomic mass is 10.2. The van der Waals surface area contributed by atoms with Crippen LogP contribution in [0, 0.1) is 0 Å². The molecule has 11 nitrogen and oxygen atoms in total. The molecule has 2 N–H and O–H groups in total. The van der Waals surface area contributed by atoms with Gasteiger partial charge in [-0.1, -0.05) is 23.9 Å². The molecule has 0 saturated heterocycles.